The van der Waals surface area contributed by atoms with Gasteiger partial charge < -0.3 is 15.5 Å². The number of amides is 1. The molecule has 0 fully saturated rings. The Kier molecular flexibility index (Phi) is 6.52. The second kappa shape index (κ2) is 7.11. The molecule has 0 saturated heterocycles. The van der Waals surface area contributed by atoms with E-state index in [0.717, 1.165) is 6.42 Å². The van der Waals surface area contributed by atoms with E-state index >= 15 is 0 Å². The number of nitrogens with one attached hydrogen (secondary N) is 1. The maximum atomic E-state index is 11.7. The average Bonchev–Trinajstić information content (AvgIpc) is 2.11. The molecular weight excluding hydrogens is 250 g/mol. The van der Waals surface area contributed by atoms with Crippen molar-refractivity contribution in [1.29, 1.82) is 0 Å². The predicted octanol–water partition coefficient (Wildman–Crippen LogP) is 1.49. The molecule has 1 amide bonds. The molecule has 0 aliphatic rings. The number of hydrogen-bond donors (Lipinski definition) is 3. The summed E-state index contributed by atoms with van der Waals surface area (Å²) >= 11 is 0. The van der Waals surface area contributed by atoms with Gasteiger partial charge in [0.15, 0.2) is 0 Å². The quantitative estimate of drug-likeness (QED) is 0.652. The molecule has 0 spiro atoms. The van der Waals surface area contributed by atoms with Gasteiger partial charge >= 0.3 is 11.9 Å². The first-order valence-corrected chi connectivity index (χ1v) is 6.25. The molecule has 6 heteroatoms. The molecule has 0 bridgehead atoms. The van der Waals surface area contributed by atoms with Gasteiger partial charge in [-0.3, -0.25) is 9.59 Å². The van der Waals surface area contributed by atoms with Gasteiger partial charge in [0.2, 0.25) is 5.91 Å². The summed E-state index contributed by atoms with van der Waals surface area (Å²) in [5, 5.41) is 19.6. The summed E-state index contributed by atoms with van der Waals surface area (Å²) in [6, 6.07) is -1.37. The lowest BCUT2D eigenvalue weighted by Crippen LogP contribution is -2.42. The lowest BCUT2D eigenvalue weighted by atomic mass is 9.84. The number of carboxylic acids is 2. The van der Waals surface area contributed by atoms with Crippen LogP contribution in [0.3, 0.4) is 0 Å². The van der Waals surface area contributed by atoms with E-state index in [9.17, 15) is 14.4 Å². The van der Waals surface area contributed by atoms with Crippen LogP contribution in [0.2, 0.25) is 0 Å². The van der Waals surface area contributed by atoms with E-state index in [1.54, 1.807) is 0 Å². The molecule has 0 heterocycles. The van der Waals surface area contributed by atoms with Gasteiger partial charge in [0.25, 0.3) is 0 Å². The summed E-state index contributed by atoms with van der Waals surface area (Å²) in [5.74, 6) is -2.90. The highest BCUT2D eigenvalue weighted by molar-refractivity contribution is 5.86. The smallest absolute Gasteiger partial charge is 0.326 e. The molecule has 1 unspecified atom stereocenters. The van der Waals surface area contributed by atoms with Crippen LogP contribution >= 0.6 is 0 Å². The van der Waals surface area contributed by atoms with Gasteiger partial charge in [0, 0.05) is 6.42 Å². The average molecular weight is 273 g/mol. The van der Waals surface area contributed by atoms with Gasteiger partial charge in [-0.05, 0) is 17.8 Å². The zero-order valence-corrected chi connectivity index (χ0v) is 11.9. The molecular formula is C13H23NO5. The number of rotatable bonds is 7. The van der Waals surface area contributed by atoms with Crippen molar-refractivity contribution in [3.05, 3.63) is 0 Å². The Morgan fingerprint density at radius 3 is 2.00 bits per heavy atom. The molecule has 6 nitrogen and oxygen atoms in total. The molecule has 0 aliphatic heterocycles. The highest BCUT2D eigenvalue weighted by atomic mass is 16.4. The highest BCUT2D eigenvalue weighted by Crippen LogP contribution is 2.25. The van der Waals surface area contributed by atoms with Crippen LogP contribution in [-0.2, 0) is 14.4 Å². The molecule has 0 aromatic carbocycles. The van der Waals surface area contributed by atoms with E-state index in [-0.39, 0.29) is 17.8 Å². The van der Waals surface area contributed by atoms with Crippen molar-refractivity contribution < 1.29 is 24.6 Å². The Hall–Kier alpha value is -1.59. The molecule has 2 atom stereocenters. The fourth-order valence-electron chi connectivity index (χ4n) is 2.06. The van der Waals surface area contributed by atoms with Crippen molar-refractivity contribution >= 4 is 17.8 Å². The summed E-state index contributed by atoms with van der Waals surface area (Å²) < 4.78 is 0. The first-order valence-electron chi connectivity index (χ1n) is 6.25. The molecule has 0 radical (unpaired) electrons. The minimum atomic E-state index is -1.37. The third-order valence-corrected chi connectivity index (χ3v) is 2.51. The Bertz CT molecular complexity index is 345. The zero-order valence-electron chi connectivity index (χ0n) is 11.9. The monoisotopic (exact) mass is 273 g/mol. The van der Waals surface area contributed by atoms with Gasteiger partial charge in [-0.25, -0.2) is 4.79 Å². The van der Waals surface area contributed by atoms with Gasteiger partial charge in [-0.15, -0.1) is 0 Å². The van der Waals surface area contributed by atoms with Crippen molar-refractivity contribution in [2.75, 3.05) is 0 Å². The normalized spacial score (nSPS) is 14.5. The van der Waals surface area contributed by atoms with Crippen molar-refractivity contribution in [3.8, 4) is 0 Å². The first-order chi connectivity index (χ1) is 8.51. The highest BCUT2D eigenvalue weighted by Gasteiger charge is 2.24. The van der Waals surface area contributed by atoms with Crippen LogP contribution in [0.4, 0.5) is 0 Å². The molecule has 0 aromatic heterocycles. The molecule has 0 saturated carbocycles. The maximum Gasteiger partial charge on any atom is 0.326 e. The van der Waals surface area contributed by atoms with Crippen LogP contribution in [0.15, 0.2) is 0 Å². The number of hydrogen-bond acceptors (Lipinski definition) is 3. The summed E-state index contributed by atoms with van der Waals surface area (Å²) in [7, 11) is 0. The van der Waals surface area contributed by atoms with Crippen LogP contribution in [0.25, 0.3) is 0 Å². The van der Waals surface area contributed by atoms with E-state index in [2.05, 4.69) is 26.1 Å². The third-order valence-electron chi connectivity index (χ3n) is 2.51. The summed E-state index contributed by atoms with van der Waals surface area (Å²) in [6.45, 7) is 8.10. The Morgan fingerprint density at radius 2 is 1.63 bits per heavy atom. The summed E-state index contributed by atoms with van der Waals surface area (Å²) in [4.78, 5) is 33.0. The Morgan fingerprint density at radius 1 is 1.11 bits per heavy atom. The minimum absolute atomic E-state index is 0.0902. The lowest BCUT2D eigenvalue weighted by Gasteiger charge is -2.23. The second-order valence-electron chi connectivity index (χ2n) is 6.13. The fraction of sp³-hybridized carbons (Fsp3) is 0.769. The Balaban J connectivity index is 4.34. The van der Waals surface area contributed by atoms with E-state index in [0.29, 0.717) is 0 Å². The van der Waals surface area contributed by atoms with E-state index < -0.39 is 30.3 Å². The van der Waals surface area contributed by atoms with Crippen molar-refractivity contribution in [3.63, 3.8) is 0 Å². The second-order valence-corrected chi connectivity index (χ2v) is 6.13. The van der Waals surface area contributed by atoms with Gasteiger partial charge in [0.1, 0.15) is 6.04 Å². The first kappa shape index (κ1) is 17.4. The van der Waals surface area contributed by atoms with Gasteiger partial charge in [0.05, 0.1) is 6.42 Å². The number of carbonyl (C=O) groups is 3. The molecule has 110 valence electrons. The molecule has 0 aliphatic carbocycles. The minimum Gasteiger partial charge on any atom is -0.481 e. The van der Waals surface area contributed by atoms with Gasteiger partial charge in [-0.2, -0.15) is 0 Å². The van der Waals surface area contributed by atoms with Crippen LogP contribution in [0, 0.1) is 11.3 Å². The van der Waals surface area contributed by atoms with Crippen LogP contribution < -0.4 is 5.32 Å². The van der Waals surface area contributed by atoms with Gasteiger partial charge in [-0.1, -0.05) is 27.7 Å². The lowest BCUT2D eigenvalue weighted by molar-refractivity contribution is -0.147. The summed E-state index contributed by atoms with van der Waals surface area (Å²) in [6.07, 6.45) is 0.409. The topological polar surface area (TPSA) is 104 Å². The van der Waals surface area contributed by atoms with Crippen molar-refractivity contribution in [2.24, 2.45) is 11.3 Å². The largest absolute Gasteiger partial charge is 0.481 e. The number of carboxylic acid groups (broad SMARTS) is 2. The molecule has 0 rings (SSSR count). The molecule has 0 aromatic rings. The molecule has 3 N–H and O–H groups in total. The number of aliphatic carboxylic acids is 2. The maximum absolute atomic E-state index is 11.7. The zero-order chi connectivity index (χ0) is 15.2. The predicted molar refractivity (Wildman–Crippen MR) is 69.7 cm³/mol. The van der Waals surface area contributed by atoms with Crippen LogP contribution in [-0.4, -0.2) is 34.1 Å². The van der Waals surface area contributed by atoms with E-state index in [1.807, 2.05) is 6.92 Å². The van der Waals surface area contributed by atoms with E-state index in [4.69, 9.17) is 10.2 Å². The summed E-state index contributed by atoms with van der Waals surface area (Å²) in [5.41, 5.74) is 0.0902. The van der Waals surface area contributed by atoms with Crippen molar-refractivity contribution in [2.45, 2.75) is 53.0 Å². The fourth-order valence-corrected chi connectivity index (χ4v) is 2.06. The standard InChI is InChI=1S/C13H23NO5/c1-8(7-13(2,3)4)5-10(15)14-9(12(18)19)6-11(16)17/h8-9H,5-7H2,1-4H3,(H,14,15)(H,16,17)(H,18,19)/t8?,9-/m0/s1. The Labute approximate surface area is 113 Å². The number of carbonyl (C=O) groups excluding carboxylic acids is 1. The third kappa shape index (κ3) is 9.04. The molecule has 19 heavy (non-hydrogen) atoms. The van der Waals surface area contributed by atoms with Crippen molar-refractivity contribution in [1.82, 2.24) is 5.32 Å². The van der Waals surface area contributed by atoms with Crippen LogP contribution in [0.1, 0.15) is 47.0 Å². The van der Waals surface area contributed by atoms with E-state index in [1.165, 1.54) is 0 Å². The van der Waals surface area contributed by atoms with Crippen LogP contribution in [0.5, 0.6) is 0 Å². The SMILES string of the molecule is CC(CC(=O)N[C@@H](CC(=O)O)C(=O)O)CC(C)(C)C.